The molecule has 0 atom stereocenters. The van der Waals surface area contributed by atoms with Crippen LogP contribution in [0.15, 0.2) is 48.5 Å². The van der Waals surface area contributed by atoms with Gasteiger partial charge in [-0.2, -0.15) is 0 Å². The van der Waals surface area contributed by atoms with Gasteiger partial charge < -0.3 is 15.8 Å². The van der Waals surface area contributed by atoms with Crippen LogP contribution < -0.4 is 15.8 Å². The van der Waals surface area contributed by atoms with E-state index in [9.17, 15) is 14.0 Å². The molecular formula is C19H16FN3O3S. The number of hydrogen-bond acceptors (Lipinski definition) is 5. The van der Waals surface area contributed by atoms with Gasteiger partial charge in [-0.25, -0.2) is 9.37 Å². The topological polar surface area (TPSA) is 94.3 Å². The van der Waals surface area contributed by atoms with E-state index in [-0.39, 0.29) is 18.3 Å². The van der Waals surface area contributed by atoms with Crippen LogP contribution in [0.25, 0.3) is 0 Å². The van der Waals surface area contributed by atoms with Crippen molar-refractivity contribution in [2.75, 3.05) is 5.32 Å². The van der Waals surface area contributed by atoms with Crippen LogP contribution in [0.1, 0.15) is 30.7 Å². The molecule has 3 aromatic rings. The van der Waals surface area contributed by atoms with Gasteiger partial charge in [0.1, 0.15) is 28.1 Å². The van der Waals surface area contributed by atoms with E-state index in [1.807, 2.05) is 0 Å². The molecule has 0 unspecified atom stereocenters. The zero-order valence-corrected chi connectivity index (χ0v) is 15.2. The fourth-order valence-electron chi connectivity index (χ4n) is 2.34. The number of benzene rings is 2. The minimum absolute atomic E-state index is 0.168. The summed E-state index contributed by atoms with van der Waals surface area (Å²) in [6, 6.07) is 12.0. The van der Waals surface area contributed by atoms with E-state index in [4.69, 9.17) is 10.5 Å². The van der Waals surface area contributed by atoms with Gasteiger partial charge >= 0.3 is 0 Å². The maximum Gasteiger partial charge on any atom is 0.267 e. The number of nitrogens with two attached hydrogens (primary N) is 1. The molecule has 27 heavy (non-hydrogen) atoms. The summed E-state index contributed by atoms with van der Waals surface area (Å²) in [6.07, 6.45) is 0. The van der Waals surface area contributed by atoms with Crippen molar-refractivity contribution in [2.24, 2.45) is 5.73 Å². The standard InChI is InChI=1S/C19H16FN3O3S/c1-11-17(19(25)23-14-4-2-3-12(9-14)18(21)24)27-16(22-11)10-26-15-7-5-13(20)6-8-15/h2-9H,10H2,1H3,(H2,21,24)(H,23,25). The highest BCUT2D eigenvalue weighted by Gasteiger charge is 2.16. The molecule has 3 rings (SSSR count). The number of amides is 2. The lowest BCUT2D eigenvalue weighted by Crippen LogP contribution is -2.14. The zero-order valence-electron chi connectivity index (χ0n) is 14.4. The van der Waals surface area contributed by atoms with Crippen LogP contribution in [0, 0.1) is 12.7 Å². The van der Waals surface area contributed by atoms with Crippen LogP contribution in [-0.2, 0) is 6.61 Å². The van der Waals surface area contributed by atoms with Gasteiger partial charge in [-0.3, -0.25) is 9.59 Å². The van der Waals surface area contributed by atoms with Crippen LogP contribution in [0.3, 0.4) is 0 Å². The molecule has 0 saturated heterocycles. The van der Waals surface area contributed by atoms with Crippen LogP contribution >= 0.6 is 11.3 Å². The number of thiazole rings is 1. The highest BCUT2D eigenvalue weighted by molar-refractivity contribution is 7.13. The van der Waals surface area contributed by atoms with Crippen molar-refractivity contribution in [2.45, 2.75) is 13.5 Å². The molecule has 0 fully saturated rings. The summed E-state index contributed by atoms with van der Waals surface area (Å²) in [5.41, 5.74) is 6.59. The van der Waals surface area contributed by atoms with Gasteiger partial charge in [0.2, 0.25) is 5.91 Å². The Hall–Kier alpha value is -3.26. The molecule has 3 N–H and O–H groups in total. The lowest BCUT2D eigenvalue weighted by Gasteiger charge is -2.05. The van der Waals surface area contributed by atoms with Crippen molar-refractivity contribution in [3.63, 3.8) is 0 Å². The molecular weight excluding hydrogens is 369 g/mol. The number of carbonyl (C=O) groups excluding carboxylic acids is 2. The molecule has 1 heterocycles. The number of anilines is 1. The van der Waals surface area contributed by atoms with Crippen LogP contribution in [0.5, 0.6) is 5.75 Å². The first-order valence-corrected chi connectivity index (χ1v) is 8.80. The van der Waals surface area contributed by atoms with E-state index in [2.05, 4.69) is 10.3 Å². The number of halogens is 1. The third kappa shape index (κ3) is 4.68. The number of nitrogens with zero attached hydrogens (tertiary/aromatic N) is 1. The van der Waals surface area contributed by atoms with Crippen molar-refractivity contribution < 1.29 is 18.7 Å². The largest absolute Gasteiger partial charge is 0.486 e. The van der Waals surface area contributed by atoms with E-state index in [0.29, 0.717) is 32.6 Å². The number of aryl methyl sites for hydroxylation is 1. The van der Waals surface area contributed by atoms with Crippen LogP contribution in [-0.4, -0.2) is 16.8 Å². The Morgan fingerprint density at radius 3 is 2.67 bits per heavy atom. The van der Waals surface area contributed by atoms with Crippen LogP contribution in [0.4, 0.5) is 10.1 Å². The summed E-state index contributed by atoms with van der Waals surface area (Å²) in [5.74, 6) is -0.731. The first kappa shape index (κ1) is 18.5. The number of rotatable bonds is 6. The summed E-state index contributed by atoms with van der Waals surface area (Å²) in [7, 11) is 0. The van der Waals surface area contributed by atoms with E-state index in [1.165, 1.54) is 41.7 Å². The molecule has 0 aliphatic heterocycles. The SMILES string of the molecule is Cc1nc(COc2ccc(F)cc2)sc1C(=O)Nc1cccc(C(N)=O)c1. The van der Waals surface area contributed by atoms with Gasteiger partial charge in [0.15, 0.2) is 0 Å². The molecule has 0 radical (unpaired) electrons. The Bertz CT molecular complexity index is 986. The first-order chi connectivity index (χ1) is 12.9. The molecule has 0 aliphatic rings. The van der Waals surface area contributed by atoms with Gasteiger partial charge in [0, 0.05) is 11.3 Å². The smallest absolute Gasteiger partial charge is 0.267 e. The van der Waals surface area contributed by atoms with Gasteiger partial charge in [0.25, 0.3) is 5.91 Å². The van der Waals surface area contributed by atoms with E-state index in [1.54, 1.807) is 25.1 Å². The second-order valence-corrected chi connectivity index (χ2v) is 6.75. The summed E-state index contributed by atoms with van der Waals surface area (Å²) in [5, 5.41) is 3.35. The van der Waals surface area contributed by atoms with Crippen molar-refractivity contribution >= 4 is 28.8 Å². The number of aromatic nitrogens is 1. The average molecular weight is 385 g/mol. The number of ether oxygens (including phenoxy) is 1. The van der Waals surface area contributed by atoms with Gasteiger partial charge in [-0.1, -0.05) is 6.07 Å². The lowest BCUT2D eigenvalue weighted by atomic mass is 10.2. The third-order valence-corrected chi connectivity index (χ3v) is 4.76. The fourth-order valence-corrected chi connectivity index (χ4v) is 3.21. The second-order valence-electron chi connectivity index (χ2n) is 5.66. The Morgan fingerprint density at radius 2 is 1.96 bits per heavy atom. The maximum atomic E-state index is 12.9. The van der Waals surface area contributed by atoms with Gasteiger partial charge in [-0.15, -0.1) is 11.3 Å². The van der Waals surface area contributed by atoms with E-state index >= 15 is 0 Å². The summed E-state index contributed by atoms with van der Waals surface area (Å²) < 4.78 is 18.5. The highest BCUT2D eigenvalue weighted by Crippen LogP contribution is 2.22. The van der Waals surface area contributed by atoms with E-state index < -0.39 is 5.91 Å². The minimum Gasteiger partial charge on any atom is -0.486 e. The number of hydrogen-bond donors (Lipinski definition) is 2. The number of nitrogens with one attached hydrogen (secondary N) is 1. The lowest BCUT2D eigenvalue weighted by molar-refractivity contribution is 0.0996. The molecule has 8 heteroatoms. The van der Waals surface area contributed by atoms with Crippen molar-refractivity contribution in [1.82, 2.24) is 4.98 Å². The molecule has 0 bridgehead atoms. The molecule has 6 nitrogen and oxygen atoms in total. The molecule has 138 valence electrons. The molecule has 0 spiro atoms. The molecule has 0 aliphatic carbocycles. The maximum absolute atomic E-state index is 12.9. The predicted octanol–water partition coefficient (Wildman–Crippen LogP) is 3.52. The normalized spacial score (nSPS) is 10.4. The Labute approximate surface area is 158 Å². The first-order valence-electron chi connectivity index (χ1n) is 7.98. The Balaban J connectivity index is 1.68. The zero-order chi connectivity index (χ0) is 19.4. The quantitative estimate of drug-likeness (QED) is 0.679. The monoisotopic (exact) mass is 385 g/mol. The fraction of sp³-hybridized carbons (Fsp3) is 0.105. The molecule has 2 aromatic carbocycles. The number of primary amides is 1. The average Bonchev–Trinajstić information content (AvgIpc) is 3.02. The molecule has 1 aromatic heterocycles. The van der Waals surface area contributed by atoms with Crippen molar-refractivity contribution in [1.29, 1.82) is 0 Å². The third-order valence-electron chi connectivity index (χ3n) is 3.63. The molecule has 0 saturated carbocycles. The van der Waals surface area contributed by atoms with Crippen LogP contribution in [0.2, 0.25) is 0 Å². The van der Waals surface area contributed by atoms with Gasteiger partial charge in [0.05, 0.1) is 5.69 Å². The van der Waals surface area contributed by atoms with Gasteiger partial charge in [-0.05, 0) is 49.4 Å². The molecule has 2 amide bonds. The Kier molecular flexibility index (Phi) is 5.46. The number of carbonyl (C=O) groups is 2. The summed E-state index contributed by atoms with van der Waals surface area (Å²) in [6.45, 7) is 1.90. The predicted molar refractivity (Wildman–Crippen MR) is 100 cm³/mol. The summed E-state index contributed by atoms with van der Waals surface area (Å²) in [4.78, 5) is 28.5. The van der Waals surface area contributed by atoms with Crippen molar-refractivity contribution in [3.8, 4) is 5.75 Å². The summed E-state index contributed by atoms with van der Waals surface area (Å²) >= 11 is 1.21. The highest BCUT2D eigenvalue weighted by atomic mass is 32.1. The minimum atomic E-state index is -0.569. The van der Waals surface area contributed by atoms with E-state index in [0.717, 1.165) is 0 Å². The Morgan fingerprint density at radius 1 is 1.22 bits per heavy atom. The second kappa shape index (κ2) is 7.96. The van der Waals surface area contributed by atoms with Crippen molar-refractivity contribution in [3.05, 3.63) is 75.5 Å².